The summed E-state index contributed by atoms with van der Waals surface area (Å²) in [6.45, 7) is 0. The number of benzene rings is 2. The lowest BCUT2D eigenvalue weighted by molar-refractivity contribution is -0.112. The van der Waals surface area contributed by atoms with E-state index in [2.05, 4.69) is 5.32 Å². The number of carbonyl (C=O) groups excluding carboxylic acids is 1. The number of nitrogens with one attached hydrogen (secondary N) is 1. The molecule has 2 aromatic carbocycles. The SMILES string of the molecule is COc1cccc(/C=C(\C#N)C(=O)Nc2cccc(Cl)c2)c1OC. The zero-order valence-corrected chi connectivity index (χ0v) is 13.9. The molecule has 0 atom stereocenters. The number of hydrogen-bond acceptors (Lipinski definition) is 4. The number of nitriles is 1. The van der Waals surface area contributed by atoms with Gasteiger partial charge in [0.15, 0.2) is 11.5 Å². The molecule has 24 heavy (non-hydrogen) atoms. The molecule has 1 amide bonds. The normalized spacial score (nSPS) is 10.7. The average molecular weight is 343 g/mol. The van der Waals surface area contributed by atoms with Gasteiger partial charge in [-0.2, -0.15) is 5.26 Å². The molecule has 0 spiro atoms. The van der Waals surface area contributed by atoms with Crippen LogP contribution in [-0.4, -0.2) is 20.1 Å². The van der Waals surface area contributed by atoms with Gasteiger partial charge in [-0.1, -0.05) is 29.8 Å². The quantitative estimate of drug-likeness (QED) is 0.660. The second kappa shape index (κ2) is 8.04. The predicted octanol–water partition coefficient (Wildman–Crippen LogP) is 3.90. The largest absolute Gasteiger partial charge is 0.493 e. The predicted molar refractivity (Wildman–Crippen MR) is 93.2 cm³/mol. The maximum Gasteiger partial charge on any atom is 0.266 e. The van der Waals surface area contributed by atoms with E-state index in [4.69, 9.17) is 21.1 Å². The fourth-order valence-electron chi connectivity index (χ4n) is 2.09. The van der Waals surface area contributed by atoms with Gasteiger partial charge in [0.1, 0.15) is 11.6 Å². The smallest absolute Gasteiger partial charge is 0.266 e. The van der Waals surface area contributed by atoms with Gasteiger partial charge in [-0.15, -0.1) is 0 Å². The first-order valence-electron chi connectivity index (χ1n) is 6.98. The van der Waals surface area contributed by atoms with Crippen molar-refractivity contribution in [3.05, 3.63) is 58.6 Å². The average Bonchev–Trinajstić information content (AvgIpc) is 2.59. The second-order valence-corrected chi connectivity index (χ2v) is 5.15. The summed E-state index contributed by atoms with van der Waals surface area (Å²) >= 11 is 5.88. The first kappa shape index (κ1) is 17.4. The molecule has 0 aliphatic carbocycles. The molecule has 0 aliphatic rings. The van der Waals surface area contributed by atoms with Crippen LogP contribution in [0.1, 0.15) is 5.56 Å². The van der Waals surface area contributed by atoms with Gasteiger partial charge in [0.05, 0.1) is 14.2 Å². The molecule has 0 saturated carbocycles. The van der Waals surface area contributed by atoms with Crippen molar-refractivity contribution in [2.45, 2.75) is 0 Å². The fraction of sp³-hybridized carbons (Fsp3) is 0.111. The van der Waals surface area contributed by atoms with E-state index in [9.17, 15) is 10.1 Å². The number of nitrogens with zero attached hydrogens (tertiary/aromatic N) is 1. The van der Waals surface area contributed by atoms with Crippen molar-refractivity contribution in [3.63, 3.8) is 0 Å². The summed E-state index contributed by atoms with van der Waals surface area (Å²) in [5, 5.41) is 12.4. The summed E-state index contributed by atoms with van der Waals surface area (Å²) in [5.41, 5.74) is 1.00. The number of amides is 1. The maximum atomic E-state index is 12.3. The van der Waals surface area contributed by atoms with Gasteiger partial charge in [0.25, 0.3) is 5.91 Å². The number of methoxy groups -OCH3 is 2. The Morgan fingerprint density at radius 3 is 2.58 bits per heavy atom. The van der Waals surface area contributed by atoms with Gasteiger partial charge in [-0.05, 0) is 30.3 Å². The summed E-state index contributed by atoms with van der Waals surface area (Å²) < 4.78 is 10.5. The monoisotopic (exact) mass is 342 g/mol. The zero-order chi connectivity index (χ0) is 17.5. The number of rotatable bonds is 5. The van der Waals surface area contributed by atoms with Gasteiger partial charge in [-0.3, -0.25) is 4.79 Å². The molecule has 1 N–H and O–H groups in total. The van der Waals surface area contributed by atoms with Crippen molar-refractivity contribution in [2.75, 3.05) is 19.5 Å². The molecule has 2 aromatic rings. The number of carbonyl (C=O) groups is 1. The molecule has 0 saturated heterocycles. The Bertz CT molecular complexity index is 825. The molecular weight excluding hydrogens is 328 g/mol. The van der Waals surface area contributed by atoms with Crippen LogP contribution in [0.4, 0.5) is 5.69 Å². The third-order valence-electron chi connectivity index (χ3n) is 3.18. The number of halogens is 1. The van der Waals surface area contributed by atoms with Crippen LogP contribution in [0.3, 0.4) is 0 Å². The van der Waals surface area contributed by atoms with Crippen molar-refractivity contribution in [1.82, 2.24) is 0 Å². The molecule has 0 radical (unpaired) electrons. The van der Waals surface area contributed by atoms with Crippen LogP contribution in [0.5, 0.6) is 11.5 Å². The fourth-order valence-corrected chi connectivity index (χ4v) is 2.28. The van der Waals surface area contributed by atoms with Gasteiger partial charge >= 0.3 is 0 Å². The van der Waals surface area contributed by atoms with E-state index in [1.807, 2.05) is 6.07 Å². The van der Waals surface area contributed by atoms with Crippen LogP contribution < -0.4 is 14.8 Å². The number of ether oxygens (including phenoxy) is 2. The summed E-state index contributed by atoms with van der Waals surface area (Å²) in [6.07, 6.45) is 1.45. The first-order chi connectivity index (χ1) is 11.6. The van der Waals surface area contributed by atoms with E-state index in [1.54, 1.807) is 42.5 Å². The Kier molecular flexibility index (Phi) is 5.83. The van der Waals surface area contributed by atoms with Crippen LogP contribution in [0.2, 0.25) is 5.02 Å². The number of anilines is 1. The summed E-state index contributed by atoms with van der Waals surface area (Å²) in [7, 11) is 3.01. The summed E-state index contributed by atoms with van der Waals surface area (Å²) in [6, 6.07) is 13.8. The van der Waals surface area contributed by atoms with E-state index in [0.717, 1.165) is 0 Å². The minimum Gasteiger partial charge on any atom is -0.493 e. The molecule has 122 valence electrons. The summed E-state index contributed by atoms with van der Waals surface area (Å²) in [4.78, 5) is 12.3. The Hall–Kier alpha value is -2.97. The highest BCUT2D eigenvalue weighted by Gasteiger charge is 2.13. The Balaban J connectivity index is 2.33. The van der Waals surface area contributed by atoms with Gasteiger partial charge < -0.3 is 14.8 Å². The number of hydrogen-bond donors (Lipinski definition) is 1. The van der Waals surface area contributed by atoms with E-state index in [-0.39, 0.29) is 5.57 Å². The van der Waals surface area contributed by atoms with Gasteiger partial charge in [0.2, 0.25) is 0 Å². The molecule has 0 fully saturated rings. The summed E-state index contributed by atoms with van der Waals surface area (Å²) in [5.74, 6) is 0.423. The Morgan fingerprint density at radius 1 is 1.21 bits per heavy atom. The van der Waals surface area contributed by atoms with Crippen molar-refractivity contribution in [1.29, 1.82) is 5.26 Å². The Labute approximate surface area is 145 Å². The molecule has 5 nitrogen and oxygen atoms in total. The Morgan fingerprint density at radius 2 is 1.96 bits per heavy atom. The first-order valence-corrected chi connectivity index (χ1v) is 7.36. The van der Waals surface area contributed by atoms with Crippen LogP contribution in [0.15, 0.2) is 48.0 Å². The van der Waals surface area contributed by atoms with E-state index in [1.165, 1.54) is 20.3 Å². The second-order valence-electron chi connectivity index (χ2n) is 4.72. The van der Waals surface area contributed by atoms with Crippen LogP contribution in [0, 0.1) is 11.3 Å². The zero-order valence-electron chi connectivity index (χ0n) is 13.2. The van der Waals surface area contributed by atoms with Crippen molar-refractivity contribution in [2.24, 2.45) is 0 Å². The number of para-hydroxylation sites is 1. The van der Waals surface area contributed by atoms with Gasteiger partial charge in [0, 0.05) is 16.3 Å². The lowest BCUT2D eigenvalue weighted by atomic mass is 10.1. The molecule has 0 unspecified atom stereocenters. The van der Waals surface area contributed by atoms with E-state index < -0.39 is 5.91 Å². The molecule has 2 rings (SSSR count). The lowest BCUT2D eigenvalue weighted by Gasteiger charge is -2.10. The highest BCUT2D eigenvalue weighted by Crippen LogP contribution is 2.32. The third kappa shape index (κ3) is 4.06. The van der Waals surface area contributed by atoms with Gasteiger partial charge in [-0.25, -0.2) is 0 Å². The molecule has 0 bridgehead atoms. The van der Waals surface area contributed by atoms with E-state index in [0.29, 0.717) is 27.8 Å². The van der Waals surface area contributed by atoms with E-state index >= 15 is 0 Å². The molecule has 0 aromatic heterocycles. The molecular formula is C18H15ClN2O3. The topological polar surface area (TPSA) is 71.3 Å². The van der Waals surface area contributed by atoms with Crippen molar-refractivity contribution in [3.8, 4) is 17.6 Å². The van der Waals surface area contributed by atoms with Crippen LogP contribution in [-0.2, 0) is 4.79 Å². The minimum absolute atomic E-state index is 0.0680. The standard InChI is InChI=1S/C18H15ClN2O3/c1-23-16-8-3-5-12(17(16)24-2)9-13(11-20)18(22)21-15-7-4-6-14(19)10-15/h3-10H,1-2H3,(H,21,22)/b13-9+. The van der Waals surface area contributed by atoms with Crippen LogP contribution in [0.25, 0.3) is 6.08 Å². The third-order valence-corrected chi connectivity index (χ3v) is 3.42. The minimum atomic E-state index is -0.537. The lowest BCUT2D eigenvalue weighted by Crippen LogP contribution is -2.13. The molecule has 0 heterocycles. The molecule has 0 aliphatic heterocycles. The maximum absolute atomic E-state index is 12.3. The molecule has 6 heteroatoms. The van der Waals surface area contributed by atoms with Crippen molar-refractivity contribution < 1.29 is 14.3 Å². The highest BCUT2D eigenvalue weighted by atomic mass is 35.5. The van der Waals surface area contributed by atoms with Crippen LogP contribution >= 0.6 is 11.6 Å². The van der Waals surface area contributed by atoms with Crippen molar-refractivity contribution >= 4 is 29.3 Å². The highest BCUT2D eigenvalue weighted by molar-refractivity contribution is 6.31.